The van der Waals surface area contributed by atoms with Crippen LogP contribution in [0.5, 0.6) is 0 Å². The van der Waals surface area contributed by atoms with Gasteiger partial charge in [-0.25, -0.2) is 9.98 Å². The second-order valence-electron chi connectivity index (χ2n) is 7.20. The standard InChI is InChI=1S/C22H35N5O.HI/c1-5-24-22(25-11-10-21(18(3)4)28-6-2)26-15-19-8-7-9-20(14-19)16-27-13-12-23-17-27;/h7-9,12-14,17-18,21H,5-6,10-11,15-16H2,1-4H3,(H2,24,25,26);1H. The average molecular weight is 513 g/mol. The van der Waals surface area contributed by atoms with Gasteiger partial charge in [-0.05, 0) is 37.3 Å². The number of nitrogens with one attached hydrogen (secondary N) is 2. The fourth-order valence-corrected chi connectivity index (χ4v) is 3.09. The van der Waals surface area contributed by atoms with Gasteiger partial charge in [-0.1, -0.05) is 38.1 Å². The Morgan fingerprint density at radius 1 is 1.21 bits per heavy atom. The van der Waals surface area contributed by atoms with Gasteiger partial charge in [0, 0.05) is 38.6 Å². The summed E-state index contributed by atoms with van der Waals surface area (Å²) in [5.41, 5.74) is 2.45. The molecule has 0 spiro atoms. The van der Waals surface area contributed by atoms with Crippen LogP contribution >= 0.6 is 24.0 Å². The molecule has 6 nitrogen and oxygen atoms in total. The smallest absolute Gasteiger partial charge is 0.191 e. The van der Waals surface area contributed by atoms with E-state index in [-0.39, 0.29) is 30.1 Å². The van der Waals surface area contributed by atoms with Crippen molar-refractivity contribution in [2.75, 3.05) is 19.7 Å². The highest BCUT2D eigenvalue weighted by Crippen LogP contribution is 2.10. The Morgan fingerprint density at radius 3 is 2.66 bits per heavy atom. The van der Waals surface area contributed by atoms with Gasteiger partial charge < -0.3 is 19.9 Å². The van der Waals surface area contributed by atoms with Crippen LogP contribution in [0, 0.1) is 5.92 Å². The molecule has 1 aromatic heterocycles. The third-order valence-electron chi connectivity index (χ3n) is 4.53. The van der Waals surface area contributed by atoms with Crippen LogP contribution in [0.1, 0.15) is 45.2 Å². The van der Waals surface area contributed by atoms with Gasteiger partial charge in [-0.15, -0.1) is 24.0 Å². The van der Waals surface area contributed by atoms with Gasteiger partial charge >= 0.3 is 0 Å². The van der Waals surface area contributed by atoms with Gasteiger partial charge in [0.25, 0.3) is 0 Å². The summed E-state index contributed by atoms with van der Waals surface area (Å²) in [4.78, 5) is 8.84. The van der Waals surface area contributed by atoms with Gasteiger partial charge in [-0.2, -0.15) is 0 Å². The van der Waals surface area contributed by atoms with E-state index >= 15 is 0 Å². The molecule has 1 aromatic carbocycles. The molecule has 7 heteroatoms. The van der Waals surface area contributed by atoms with Crippen LogP contribution in [0.2, 0.25) is 0 Å². The third kappa shape index (κ3) is 9.62. The second-order valence-corrected chi connectivity index (χ2v) is 7.20. The highest BCUT2D eigenvalue weighted by atomic mass is 127. The van der Waals surface area contributed by atoms with Crippen molar-refractivity contribution in [2.24, 2.45) is 10.9 Å². The SMILES string of the molecule is CCNC(=NCc1cccc(Cn2ccnc2)c1)NCCC(OCC)C(C)C.I. The Labute approximate surface area is 192 Å². The van der Waals surface area contributed by atoms with E-state index in [1.807, 2.05) is 12.5 Å². The molecule has 2 rings (SSSR count). The Morgan fingerprint density at radius 2 is 2.00 bits per heavy atom. The maximum absolute atomic E-state index is 5.82. The highest BCUT2D eigenvalue weighted by molar-refractivity contribution is 14.0. The average Bonchev–Trinajstić information content (AvgIpc) is 3.18. The number of aromatic nitrogens is 2. The van der Waals surface area contributed by atoms with E-state index in [4.69, 9.17) is 9.73 Å². The number of aliphatic imine (C=N–C) groups is 1. The molecule has 0 aliphatic rings. The zero-order valence-corrected chi connectivity index (χ0v) is 20.4. The quantitative estimate of drug-likeness (QED) is 0.270. The Balaban J connectivity index is 0.00000420. The van der Waals surface area contributed by atoms with Crippen molar-refractivity contribution in [2.45, 2.75) is 53.3 Å². The summed E-state index contributed by atoms with van der Waals surface area (Å²) >= 11 is 0. The van der Waals surface area contributed by atoms with E-state index in [0.29, 0.717) is 12.5 Å². The first kappa shape index (κ1) is 25.4. The molecule has 1 heterocycles. The Hall–Kier alpha value is -1.61. The van der Waals surface area contributed by atoms with Crippen molar-refractivity contribution in [1.82, 2.24) is 20.2 Å². The van der Waals surface area contributed by atoms with E-state index in [2.05, 4.69) is 72.1 Å². The van der Waals surface area contributed by atoms with Crippen molar-refractivity contribution >= 4 is 29.9 Å². The maximum Gasteiger partial charge on any atom is 0.191 e. The topological polar surface area (TPSA) is 63.5 Å². The molecule has 2 aromatic rings. The molecule has 0 bridgehead atoms. The summed E-state index contributed by atoms with van der Waals surface area (Å²) in [6.45, 7) is 12.4. The van der Waals surface area contributed by atoms with Gasteiger partial charge in [0.05, 0.1) is 19.0 Å². The number of hydrogen-bond acceptors (Lipinski definition) is 3. The monoisotopic (exact) mass is 513 g/mol. The number of halogens is 1. The van der Waals surface area contributed by atoms with Crippen LogP contribution in [-0.2, 0) is 17.8 Å². The van der Waals surface area contributed by atoms with E-state index in [1.54, 1.807) is 6.20 Å². The van der Waals surface area contributed by atoms with Gasteiger partial charge in [0.1, 0.15) is 0 Å². The lowest BCUT2D eigenvalue weighted by molar-refractivity contribution is 0.0258. The van der Waals surface area contributed by atoms with Crippen LogP contribution in [0.25, 0.3) is 0 Å². The predicted molar refractivity (Wildman–Crippen MR) is 131 cm³/mol. The first-order valence-corrected chi connectivity index (χ1v) is 10.3. The largest absolute Gasteiger partial charge is 0.378 e. The van der Waals surface area contributed by atoms with E-state index < -0.39 is 0 Å². The van der Waals surface area contributed by atoms with Crippen molar-refractivity contribution in [3.05, 3.63) is 54.1 Å². The molecule has 29 heavy (non-hydrogen) atoms. The molecule has 162 valence electrons. The molecule has 0 aliphatic heterocycles. The van der Waals surface area contributed by atoms with Crippen molar-refractivity contribution in [3.8, 4) is 0 Å². The lowest BCUT2D eigenvalue weighted by Crippen LogP contribution is -2.39. The number of nitrogens with zero attached hydrogens (tertiary/aromatic N) is 3. The molecule has 0 saturated carbocycles. The molecule has 0 amide bonds. The normalized spacial score (nSPS) is 12.5. The van der Waals surface area contributed by atoms with Crippen molar-refractivity contribution < 1.29 is 4.74 Å². The van der Waals surface area contributed by atoms with Gasteiger partial charge in [0.15, 0.2) is 5.96 Å². The minimum Gasteiger partial charge on any atom is -0.378 e. The van der Waals surface area contributed by atoms with Gasteiger partial charge in [0.2, 0.25) is 0 Å². The maximum atomic E-state index is 5.82. The minimum atomic E-state index is 0. The first-order chi connectivity index (χ1) is 13.6. The van der Waals surface area contributed by atoms with Crippen LogP contribution in [-0.4, -0.2) is 41.3 Å². The number of rotatable bonds is 11. The predicted octanol–water partition coefficient (Wildman–Crippen LogP) is 4.06. The molecule has 1 atom stereocenters. The summed E-state index contributed by atoms with van der Waals surface area (Å²) in [6.07, 6.45) is 6.86. The lowest BCUT2D eigenvalue weighted by Gasteiger charge is -2.21. The third-order valence-corrected chi connectivity index (χ3v) is 4.53. The summed E-state index contributed by atoms with van der Waals surface area (Å²) in [7, 11) is 0. The first-order valence-electron chi connectivity index (χ1n) is 10.3. The molecule has 2 N–H and O–H groups in total. The zero-order valence-electron chi connectivity index (χ0n) is 18.1. The zero-order chi connectivity index (χ0) is 20.2. The Kier molecular flexibility index (Phi) is 12.6. The summed E-state index contributed by atoms with van der Waals surface area (Å²) in [5.74, 6) is 1.36. The van der Waals surface area contributed by atoms with Crippen LogP contribution < -0.4 is 10.6 Å². The Bertz CT molecular complexity index is 703. The number of guanidine groups is 1. The fraction of sp³-hybridized carbons (Fsp3) is 0.545. The molecule has 0 radical (unpaired) electrons. The van der Waals surface area contributed by atoms with Crippen LogP contribution in [0.15, 0.2) is 48.0 Å². The summed E-state index contributed by atoms with van der Waals surface area (Å²) < 4.78 is 7.89. The molecule has 0 saturated heterocycles. The number of ether oxygens (including phenoxy) is 1. The molecule has 0 fully saturated rings. The highest BCUT2D eigenvalue weighted by Gasteiger charge is 2.12. The number of benzene rings is 1. The van der Waals surface area contributed by atoms with E-state index in [0.717, 1.165) is 38.6 Å². The second kappa shape index (κ2) is 14.4. The van der Waals surface area contributed by atoms with Crippen molar-refractivity contribution in [3.63, 3.8) is 0 Å². The van der Waals surface area contributed by atoms with Gasteiger partial charge in [-0.3, -0.25) is 0 Å². The summed E-state index contributed by atoms with van der Waals surface area (Å²) in [6, 6.07) is 8.55. The molecule has 1 unspecified atom stereocenters. The van der Waals surface area contributed by atoms with Crippen molar-refractivity contribution in [1.29, 1.82) is 0 Å². The number of hydrogen-bond donors (Lipinski definition) is 2. The lowest BCUT2D eigenvalue weighted by atomic mass is 10.0. The summed E-state index contributed by atoms with van der Waals surface area (Å²) in [5, 5.41) is 6.76. The van der Waals surface area contributed by atoms with Crippen LogP contribution in [0.4, 0.5) is 0 Å². The molecular weight excluding hydrogens is 477 g/mol. The molecule has 0 aliphatic carbocycles. The minimum absolute atomic E-state index is 0. The fourth-order valence-electron chi connectivity index (χ4n) is 3.09. The molecular formula is C22H36IN5O. The van der Waals surface area contributed by atoms with E-state index in [9.17, 15) is 0 Å². The number of imidazole rings is 1. The van der Waals surface area contributed by atoms with Crippen LogP contribution in [0.3, 0.4) is 0 Å². The van der Waals surface area contributed by atoms with E-state index in [1.165, 1.54) is 11.1 Å².